The van der Waals surface area contributed by atoms with Gasteiger partial charge in [-0.15, -0.1) is 0 Å². The maximum atomic E-state index is 12.9. The summed E-state index contributed by atoms with van der Waals surface area (Å²) in [6, 6.07) is 7.57. The molecule has 0 aliphatic carbocycles. The Bertz CT molecular complexity index is 786. The molecule has 0 saturated carbocycles. The highest BCUT2D eigenvalue weighted by Crippen LogP contribution is 2.30. The van der Waals surface area contributed by atoms with Crippen molar-refractivity contribution in [3.8, 4) is 5.69 Å². The van der Waals surface area contributed by atoms with Gasteiger partial charge < -0.3 is 5.32 Å². The van der Waals surface area contributed by atoms with Gasteiger partial charge in [0.05, 0.1) is 18.1 Å². The highest BCUT2D eigenvalue weighted by Gasteiger charge is 2.35. The maximum Gasteiger partial charge on any atom is 0.433 e. The van der Waals surface area contributed by atoms with Gasteiger partial charge in [0, 0.05) is 31.0 Å². The molecule has 3 rings (SSSR count). The van der Waals surface area contributed by atoms with E-state index < -0.39 is 11.9 Å². The van der Waals surface area contributed by atoms with Crippen molar-refractivity contribution in [2.45, 2.75) is 12.7 Å². The van der Waals surface area contributed by atoms with E-state index in [1.165, 1.54) is 0 Å². The van der Waals surface area contributed by atoms with Crippen LogP contribution in [-0.4, -0.2) is 19.6 Å². The highest BCUT2D eigenvalue weighted by molar-refractivity contribution is 5.49. The summed E-state index contributed by atoms with van der Waals surface area (Å²) in [6.07, 6.45) is 0.340. The summed E-state index contributed by atoms with van der Waals surface area (Å²) in [5.41, 5.74) is 1.38. The fourth-order valence-corrected chi connectivity index (χ4v) is 2.21. The van der Waals surface area contributed by atoms with Gasteiger partial charge in [-0.25, -0.2) is 4.68 Å². The normalized spacial score (nSPS) is 11.7. The summed E-state index contributed by atoms with van der Waals surface area (Å²) < 4.78 is 41.2. The summed E-state index contributed by atoms with van der Waals surface area (Å²) in [4.78, 5) is 0. The summed E-state index contributed by atoms with van der Waals surface area (Å²) in [5, 5.41) is 11.0. The minimum Gasteiger partial charge on any atom is -0.381 e. The van der Waals surface area contributed by atoms with E-state index in [-0.39, 0.29) is 0 Å². The van der Waals surface area contributed by atoms with Crippen LogP contribution >= 0.6 is 0 Å². The van der Waals surface area contributed by atoms with E-state index in [1.54, 1.807) is 35.1 Å². The van der Waals surface area contributed by atoms with E-state index in [9.17, 15) is 13.2 Å². The molecule has 0 radical (unpaired) electrons. The largest absolute Gasteiger partial charge is 0.433 e. The van der Waals surface area contributed by atoms with Crippen molar-refractivity contribution < 1.29 is 13.2 Å². The molecule has 2 aromatic heterocycles. The zero-order valence-corrected chi connectivity index (χ0v) is 12.2. The first kappa shape index (κ1) is 15.1. The summed E-state index contributed by atoms with van der Waals surface area (Å²) in [7, 11) is 1.83. The van der Waals surface area contributed by atoms with E-state index >= 15 is 0 Å². The number of alkyl halides is 3. The first-order valence-electron chi connectivity index (χ1n) is 6.86. The van der Waals surface area contributed by atoms with Crippen LogP contribution in [0.2, 0.25) is 0 Å². The number of rotatable bonds is 4. The van der Waals surface area contributed by atoms with E-state index in [0.717, 1.165) is 28.2 Å². The van der Waals surface area contributed by atoms with Crippen LogP contribution < -0.4 is 5.32 Å². The highest BCUT2D eigenvalue weighted by atomic mass is 19.4. The van der Waals surface area contributed by atoms with Gasteiger partial charge >= 0.3 is 6.18 Å². The SMILES string of the molecule is Cn1cc(CNc2ccc(-n3nccc3C(F)(F)F)cc2)cn1. The lowest BCUT2D eigenvalue weighted by atomic mass is 10.2. The van der Waals surface area contributed by atoms with Gasteiger partial charge in [-0.1, -0.05) is 0 Å². The summed E-state index contributed by atoms with van der Waals surface area (Å²) in [6.45, 7) is 0.586. The number of halogens is 3. The number of aryl methyl sites for hydroxylation is 1. The Hall–Kier alpha value is -2.77. The zero-order chi connectivity index (χ0) is 16.4. The van der Waals surface area contributed by atoms with E-state index in [4.69, 9.17) is 0 Å². The number of benzene rings is 1. The van der Waals surface area contributed by atoms with Crippen molar-refractivity contribution in [3.63, 3.8) is 0 Å². The van der Waals surface area contributed by atoms with Crippen LogP contribution in [0.15, 0.2) is 48.9 Å². The summed E-state index contributed by atoms with van der Waals surface area (Å²) in [5.74, 6) is 0. The van der Waals surface area contributed by atoms with Gasteiger partial charge in [0.15, 0.2) is 0 Å². The first-order chi connectivity index (χ1) is 10.9. The van der Waals surface area contributed by atoms with Crippen molar-refractivity contribution in [2.24, 2.45) is 7.05 Å². The first-order valence-corrected chi connectivity index (χ1v) is 6.86. The Balaban J connectivity index is 1.74. The standard InChI is InChI=1S/C15H14F3N5/c1-22-10-11(9-21-22)8-19-12-2-4-13(5-3-12)23-14(6-7-20-23)15(16,17)18/h2-7,9-10,19H,8H2,1H3. The fraction of sp³-hybridized carbons (Fsp3) is 0.200. The van der Waals surface area contributed by atoms with Crippen molar-refractivity contribution in [1.82, 2.24) is 19.6 Å². The Morgan fingerprint density at radius 3 is 2.43 bits per heavy atom. The lowest BCUT2D eigenvalue weighted by Crippen LogP contribution is -2.13. The molecule has 0 amide bonds. The van der Waals surface area contributed by atoms with Crippen LogP contribution in [0.5, 0.6) is 0 Å². The molecule has 0 spiro atoms. The molecule has 0 bridgehead atoms. The van der Waals surface area contributed by atoms with Crippen molar-refractivity contribution in [3.05, 3.63) is 60.2 Å². The van der Waals surface area contributed by atoms with Crippen LogP contribution in [0, 0.1) is 0 Å². The smallest absolute Gasteiger partial charge is 0.381 e. The van der Waals surface area contributed by atoms with Crippen LogP contribution in [0.3, 0.4) is 0 Å². The number of hydrogen-bond donors (Lipinski definition) is 1. The number of nitrogens with zero attached hydrogens (tertiary/aromatic N) is 4. The molecular formula is C15H14F3N5. The van der Waals surface area contributed by atoms with E-state index in [0.29, 0.717) is 12.2 Å². The van der Waals surface area contributed by atoms with Crippen molar-refractivity contribution >= 4 is 5.69 Å². The minimum atomic E-state index is -4.44. The monoisotopic (exact) mass is 321 g/mol. The van der Waals surface area contributed by atoms with Gasteiger partial charge in [-0.3, -0.25) is 4.68 Å². The van der Waals surface area contributed by atoms with E-state index in [1.807, 2.05) is 13.2 Å². The van der Waals surface area contributed by atoms with Gasteiger partial charge in [0.25, 0.3) is 0 Å². The Morgan fingerprint density at radius 1 is 1.09 bits per heavy atom. The molecule has 0 aliphatic heterocycles. The molecule has 8 heteroatoms. The molecule has 1 N–H and O–H groups in total. The third-order valence-electron chi connectivity index (χ3n) is 3.30. The molecule has 2 heterocycles. The van der Waals surface area contributed by atoms with Gasteiger partial charge in [0.2, 0.25) is 0 Å². The average molecular weight is 321 g/mol. The van der Waals surface area contributed by atoms with Crippen LogP contribution in [0.4, 0.5) is 18.9 Å². The molecule has 23 heavy (non-hydrogen) atoms. The predicted molar refractivity (Wildman–Crippen MR) is 79.1 cm³/mol. The van der Waals surface area contributed by atoms with Crippen molar-refractivity contribution in [2.75, 3.05) is 5.32 Å². The maximum absolute atomic E-state index is 12.9. The predicted octanol–water partition coefficient (Wildman–Crippen LogP) is 3.24. The molecule has 0 aliphatic rings. The minimum absolute atomic E-state index is 0.356. The number of hydrogen-bond acceptors (Lipinski definition) is 3. The molecule has 0 fully saturated rings. The molecule has 0 saturated heterocycles. The average Bonchev–Trinajstić information content (AvgIpc) is 3.14. The zero-order valence-electron chi connectivity index (χ0n) is 12.2. The second kappa shape index (κ2) is 5.79. The number of nitrogens with one attached hydrogen (secondary N) is 1. The molecule has 120 valence electrons. The van der Waals surface area contributed by atoms with Crippen LogP contribution in [0.25, 0.3) is 5.69 Å². The van der Waals surface area contributed by atoms with E-state index in [2.05, 4.69) is 15.5 Å². The third-order valence-corrected chi connectivity index (χ3v) is 3.30. The quantitative estimate of drug-likeness (QED) is 0.802. The molecule has 1 aromatic carbocycles. The lowest BCUT2D eigenvalue weighted by Gasteiger charge is -2.11. The number of aromatic nitrogens is 4. The summed E-state index contributed by atoms with van der Waals surface area (Å²) >= 11 is 0. The van der Waals surface area contributed by atoms with Crippen LogP contribution in [-0.2, 0) is 19.8 Å². The molecular weight excluding hydrogens is 307 g/mol. The Labute approximate surface area is 130 Å². The van der Waals surface area contributed by atoms with Gasteiger partial charge in [-0.2, -0.15) is 23.4 Å². The number of anilines is 1. The Morgan fingerprint density at radius 2 is 1.83 bits per heavy atom. The topological polar surface area (TPSA) is 47.7 Å². The fourth-order valence-electron chi connectivity index (χ4n) is 2.21. The second-order valence-corrected chi connectivity index (χ2v) is 5.05. The third kappa shape index (κ3) is 3.36. The van der Waals surface area contributed by atoms with Crippen molar-refractivity contribution in [1.29, 1.82) is 0 Å². The lowest BCUT2D eigenvalue weighted by molar-refractivity contribution is -0.142. The van der Waals surface area contributed by atoms with Gasteiger partial charge in [-0.05, 0) is 30.3 Å². The molecule has 0 unspecified atom stereocenters. The molecule has 3 aromatic rings. The molecule has 5 nitrogen and oxygen atoms in total. The Kier molecular flexibility index (Phi) is 3.81. The van der Waals surface area contributed by atoms with Crippen LogP contribution in [0.1, 0.15) is 11.3 Å². The second-order valence-electron chi connectivity index (χ2n) is 5.05. The molecule has 0 atom stereocenters. The van der Waals surface area contributed by atoms with Gasteiger partial charge in [0.1, 0.15) is 5.69 Å².